The zero-order chi connectivity index (χ0) is 47.1. The topological polar surface area (TPSA) is 116 Å². The fraction of sp³-hybridized carbons (Fsp3) is 0.489. The molecule has 0 radical (unpaired) electrons. The van der Waals surface area contributed by atoms with Gasteiger partial charge in [0, 0.05) is 49.0 Å². The minimum absolute atomic E-state index is 0.0109. The van der Waals surface area contributed by atoms with Crippen LogP contribution < -0.4 is 0 Å². The van der Waals surface area contributed by atoms with Gasteiger partial charge in [-0.15, -0.1) is 0 Å². The molecule has 10 nitrogen and oxygen atoms in total. The van der Waals surface area contributed by atoms with Crippen molar-refractivity contribution < 1.29 is 87.1 Å². The van der Waals surface area contributed by atoms with Crippen LogP contribution in [0, 0.1) is 17.3 Å². The number of carbonyl (C=O) groups excluding carboxylic acids is 3. The van der Waals surface area contributed by atoms with Gasteiger partial charge >= 0.3 is 36.4 Å². The molecule has 2 saturated carbocycles. The van der Waals surface area contributed by atoms with Crippen LogP contribution in [0.3, 0.4) is 0 Å². The highest BCUT2D eigenvalue weighted by Gasteiger charge is 2.69. The van der Waals surface area contributed by atoms with Crippen molar-refractivity contribution in [3.63, 3.8) is 0 Å². The number of methoxy groups -OCH3 is 3. The Kier molecular flexibility index (Phi) is 13.5. The summed E-state index contributed by atoms with van der Waals surface area (Å²) in [6.45, 7) is 1.80. The number of fused-ring (bicyclic) bond motifs is 2. The lowest BCUT2D eigenvalue weighted by atomic mass is 9.52. The zero-order valence-corrected chi connectivity index (χ0v) is 35.1. The van der Waals surface area contributed by atoms with Gasteiger partial charge in [-0.3, -0.25) is 0 Å². The summed E-state index contributed by atoms with van der Waals surface area (Å²) in [5, 5.41) is 0. The van der Waals surface area contributed by atoms with Crippen LogP contribution in [0.1, 0.15) is 49.8 Å². The lowest BCUT2D eigenvalue weighted by molar-refractivity contribution is -0.283. The molecule has 0 aromatic heterocycles. The second-order valence-electron chi connectivity index (χ2n) is 16.2. The monoisotopic (exact) mass is 916 g/mol. The van der Waals surface area contributed by atoms with Crippen molar-refractivity contribution in [2.45, 2.75) is 86.8 Å². The van der Waals surface area contributed by atoms with Gasteiger partial charge in [-0.1, -0.05) is 105 Å². The van der Waals surface area contributed by atoms with Crippen molar-refractivity contribution in [2.75, 3.05) is 34.5 Å². The molecule has 0 saturated heterocycles. The number of benzene rings is 3. The van der Waals surface area contributed by atoms with Gasteiger partial charge in [0.2, 0.25) is 0 Å². The van der Waals surface area contributed by atoms with Gasteiger partial charge in [0.25, 0.3) is 16.8 Å². The van der Waals surface area contributed by atoms with Crippen molar-refractivity contribution in [1.29, 1.82) is 0 Å². The fourth-order valence-corrected chi connectivity index (χ4v) is 9.54. The standard InChI is InChI=1S/C45H45F9O10/c1-26-21-32(63-37(56)41(59-4,44(49,50)51)29-17-11-7-12-18-29)22-31-23-33-34(27(24-61-33)25-62-36(55)40(58-3,43(46,47)48)28-15-9-6-10-16-28)35(39(26,31)2)64-38(57)42(60-5,45(52,53)54)30-19-13-8-14-20-30/h6-20,26,31-33,35H,21-25H2,1-5H3/t26-,31+,32+,33-,35+,39+,40+,41-,42+/m0/s1. The molecule has 3 aromatic rings. The highest BCUT2D eigenvalue weighted by Crippen LogP contribution is 2.59. The molecule has 348 valence electrons. The van der Waals surface area contributed by atoms with Crippen LogP contribution in [-0.2, 0) is 64.3 Å². The van der Waals surface area contributed by atoms with E-state index in [1.165, 1.54) is 54.6 Å². The molecule has 1 aliphatic heterocycles. The molecule has 64 heavy (non-hydrogen) atoms. The van der Waals surface area contributed by atoms with Gasteiger partial charge in [0.1, 0.15) is 18.8 Å². The Hall–Kier alpha value is -4.98. The van der Waals surface area contributed by atoms with Crippen LogP contribution in [0.15, 0.2) is 102 Å². The summed E-state index contributed by atoms with van der Waals surface area (Å²) >= 11 is 0. The summed E-state index contributed by atoms with van der Waals surface area (Å²) in [6.07, 6.45) is -20.6. The Balaban J connectivity index is 1.41. The van der Waals surface area contributed by atoms with E-state index in [0.717, 1.165) is 36.4 Å². The molecule has 19 heteroatoms. The molecule has 0 bridgehead atoms. The van der Waals surface area contributed by atoms with E-state index in [-0.39, 0.29) is 30.4 Å². The Morgan fingerprint density at radius 2 is 1.02 bits per heavy atom. The summed E-state index contributed by atoms with van der Waals surface area (Å²) in [7, 11) is 2.03. The quantitative estimate of drug-likeness (QED) is 0.0714. The second kappa shape index (κ2) is 17.8. The molecule has 6 rings (SSSR count). The van der Waals surface area contributed by atoms with Crippen molar-refractivity contribution in [1.82, 2.24) is 0 Å². The van der Waals surface area contributed by atoms with E-state index in [1.807, 2.05) is 0 Å². The van der Waals surface area contributed by atoms with Crippen LogP contribution in [0.25, 0.3) is 0 Å². The molecule has 0 unspecified atom stereocenters. The molecule has 0 N–H and O–H groups in total. The third-order valence-corrected chi connectivity index (χ3v) is 13.1. The van der Waals surface area contributed by atoms with Crippen LogP contribution in [0.4, 0.5) is 39.5 Å². The molecule has 3 aliphatic rings. The highest BCUT2D eigenvalue weighted by atomic mass is 19.4. The third kappa shape index (κ3) is 7.85. The van der Waals surface area contributed by atoms with Gasteiger partial charge in [-0.05, 0) is 36.7 Å². The molecule has 9 atom stereocenters. The van der Waals surface area contributed by atoms with Gasteiger partial charge in [0.05, 0.1) is 12.7 Å². The third-order valence-electron chi connectivity index (χ3n) is 13.1. The molecule has 0 amide bonds. The number of carbonyl (C=O) groups is 3. The first-order chi connectivity index (χ1) is 30.0. The smallest absolute Gasteiger partial charge is 0.432 e. The Bertz CT molecular complexity index is 2180. The van der Waals surface area contributed by atoms with Crippen molar-refractivity contribution >= 4 is 17.9 Å². The Labute approximate surface area is 361 Å². The number of hydrogen-bond donors (Lipinski definition) is 0. The SMILES string of the molecule is CO[C@](C(=O)O[C@H]1C[C@@H]2C[C@@H]3OCC(COC(=O)[C@](OC)(c4ccccc4)C(F)(F)F)=C3[C@@H](OC(=O)[C@](OC)(c3ccccc3)C(F)(F)F)[C@]2(C)[C@@H](C)C1)(c1ccccc1)C(F)(F)F. The van der Waals surface area contributed by atoms with Crippen molar-refractivity contribution in [2.24, 2.45) is 17.3 Å². The predicted molar refractivity (Wildman–Crippen MR) is 206 cm³/mol. The first-order valence-corrected chi connectivity index (χ1v) is 20.0. The van der Waals surface area contributed by atoms with E-state index >= 15 is 13.2 Å². The lowest BCUT2D eigenvalue weighted by Gasteiger charge is -2.56. The molecule has 2 fully saturated rings. The van der Waals surface area contributed by atoms with Crippen molar-refractivity contribution in [3.8, 4) is 0 Å². The lowest BCUT2D eigenvalue weighted by Crippen LogP contribution is -2.60. The molecule has 2 aliphatic carbocycles. The molecular weight excluding hydrogens is 871 g/mol. The number of alkyl halides is 9. The van der Waals surface area contributed by atoms with Crippen LogP contribution in [0.5, 0.6) is 0 Å². The summed E-state index contributed by atoms with van der Waals surface area (Å²) in [5.41, 5.74) is -14.1. The number of ether oxygens (including phenoxy) is 7. The summed E-state index contributed by atoms with van der Waals surface area (Å²) < 4.78 is 172. The minimum atomic E-state index is -5.44. The van der Waals surface area contributed by atoms with Crippen molar-refractivity contribution in [3.05, 3.63) is 119 Å². The van der Waals surface area contributed by atoms with Crippen LogP contribution in [-0.4, -0.2) is 89.3 Å². The predicted octanol–water partition coefficient (Wildman–Crippen LogP) is 8.82. The average Bonchev–Trinajstić information content (AvgIpc) is 3.64. The van der Waals surface area contributed by atoms with E-state index < -0.39 is 119 Å². The van der Waals surface area contributed by atoms with E-state index in [9.17, 15) is 40.7 Å². The first-order valence-electron chi connectivity index (χ1n) is 20.0. The largest absolute Gasteiger partial charge is 0.460 e. The zero-order valence-electron chi connectivity index (χ0n) is 35.1. The summed E-state index contributed by atoms with van der Waals surface area (Å²) in [5.74, 6) is -7.22. The molecule has 1 heterocycles. The number of halogens is 9. The van der Waals surface area contributed by atoms with Gasteiger partial charge in [-0.2, -0.15) is 39.5 Å². The highest BCUT2D eigenvalue weighted by molar-refractivity contribution is 5.84. The minimum Gasteiger partial charge on any atom is -0.460 e. The van der Waals surface area contributed by atoms with Crippen LogP contribution >= 0.6 is 0 Å². The van der Waals surface area contributed by atoms with E-state index in [4.69, 9.17) is 33.2 Å². The number of esters is 3. The van der Waals surface area contributed by atoms with Gasteiger partial charge in [0.15, 0.2) is 0 Å². The normalized spacial score (nSPS) is 26.6. The maximum absolute atomic E-state index is 15.2. The van der Waals surface area contributed by atoms with E-state index in [2.05, 4.69) is 0 Å². The summed E-state index contributed by atoms with van der Waals surface area (Å²) in [6, 6.07) is 17.9. The molecular formula is C45H45F9O10. The maximum Gasteiger partial charge on any atom is 0.432 e. The fourth-order valence-electron chi connectivity index (χ4n) is 9.54. The summed E-state index contributed by atoms with van der Waals surface area (Å²) in [4.78, 5) is 41.7. The number of hydrogen-bond acceptors (Lipinski definition) is 10. The average molecular weight is 917 g/mol. The first kappa shape index (κ1) is 48.5. The Morgan fingerprint density at radius 3 is 1.42 bits per heavy atom. The number of rotatable bonds is 13. The van der Waals surface area contributed by atoms with Crippen LogP contribution in [0.2, 0.25) is 0 Å². The maximum atomic E-state index is 15.2. The second-order valence-corrected chi connectivity index (χ2v) is 16.2. The van der Waals surface area contributed by atoms with E-state index in [0.29, 0.717) is 21.3 Å². The molecule has 3 aromatic carbocycles. The van der Waals surface area contributed by atoms with Gasteiger partial charge < -0.3 is 33.2 Å². The van der Waals surface area contributed by atoms with Gasteiger partial charge in [-0.25, -0.2) is 14.4 Å². The van der Waals surface area contributed by atoms with E-state index in [1.54, 1.807) is 13.8 Å². The Morgan fingerprint density at radius 1 is 0.609 bits per heavy atom. The molecule has 0 spiro atoms.